The molecule has 0 fully saturated rings. The lowest BCUT2D eigenvalue weighted by Crippen LogP contribution is -2.00. The molecule has 0 N–H and O–H groups in total. The van der Waals surface area contributed by atoms with Crippen LogP contribution in [0.1, 0.15) is 0 Å². The lowest BCUT2D eigenvalue weighted by Gasteiger charge is -2.13. The van der Waals surface area contributed by atoms with Gasteiger partial charge in [-0.25, -0.2) is 15.0 Å². The van der Waals surface area contributed by atoms with E-state index in [4.69, 9.17) is 23.8 Å². The Bertz CT molecular complexity index is 2850. The molecule has 48 heavy (non-hydrogen) atoms. The minimum atomic E-state index is 0.582. The molecule has 0 aliphatic rings. The van der Waals surface area contributed by atoms with Gasteiger partial charge in [0.15, 0.2) is 17.5 Å². The highest BCUT2D eigenvalue weighted by molar-refractivity contribution is 6.15. The molecular weight excluding hydrogens is 590 g/mol. The summed E-state index contributed by atoms with van der Waals surface area (Å²) in [5, 5.41) is 6.58. The van der Waals surface area contributed by atoms with E-state index in [0.717, 1.165) is 82.5 Å². The van der Waals surface area contributed by atoms with Crippen LogP contribution >= 0.6 is 0 Å². The van der Waals surface area contributed by atoms with Gasteiger partial charge in [-0.2, -0.15) is 0 Å². The predicted octanol–water partition coefficient (Wildman–Crippen LogP) is 11.5. The molecular formula is C43H25N3O2. The Labute approximate surface area is 274 Å². The number of furan rings is 2. The number of benzene rings is 7. The molecule has 5 heteroatoms. The Hall–Kier alpha value is -6.59. The van der Waals surface area contributed by atoms with Gasteiger partial charge in [-0.1, -0.05) is 109 Å². The number of nitrogens with zero attached hydrogens (tertiary/aromatic N) is 3. The van der Waals surface area contributed by atoms with Gasteiger partial charge in [0, 0.05) is 38.2 Å². The molecule has 0 unspecified atom stereocenters. The van der Waals surface area contributed by atoms with E-state index in [1.54, 1.807) is 0 Å². The fraction of sp³-hybridized carbons (Fsp3) is 0. The van der Waals surface area contributed by atoms with Crippen LogP contribution in [0.15, 0.2) is 160 Å². The number of para-hydroxylation sites is 2. The van der Waals surface area contributed by atoms with Gasteiger partial charge in [-0.15, -0.1) is 0 Å². The van der Waals surface area contributed by atoms with Gasteiger partial charge >= 0.3 is 0 Å². The second-order valence-electron chi connectivity index (χ2n) is 12.0. The SMILES string of the molecule is c1ccc(-c2nc(-c3cc(-c4cccc5oc6ccccc6c45)c4ccccc4c3)nc(-c3ccc4c(c3)oc3ccccc34)n2)cc1. The molecule has 0 aliphatic carbocycles. The lowest BCUT2D eigenvalue weighted by molar-refractivity contribution is 0.668. The molecule has 0 spiro atoms. The first kappa shape index (κ1) is 26.6. The summed E-state index contributed by atoms with van der Waals surface area (Å²) < 4.78 is 12.5. The Kier molecular flexibility index (Phi) is 5.81. The van der Waals surface area contributed by atoms with Gasteiger partial charge < -0.3 is 8.83 Å². The summed E-state index contributed by atoms with van der Waals surface area (Å²) in [7, 11) is 0. The standard InChI is InChI=1S/C43H25N3O2/c1-2-11-26(12-3-1)41-44-42(28-21-22-32-31-15-6-8-18-36(31)48-39(32)25-28)46-43(45-41)29-23-27-13-4-5-14-30(27)35(24-29)33-17-10-20-38-40(33)34-16-7-9-19-37(34)47-38/h1-25H. The van der Waals surface area contributed by atoms with Gasteiger partial charge in [0.05, 0.1) is 0 Å². The summed E-state index contributed by atoms with van der Waals surface area (Å²) in [5.41, 5.74) is 8.26. The van der Waals surface area contributed by atoms with Crippen molar-refractivity contribution in [2.45, 2.75) is 0 Å². The maximum atomic E-state index is 6.28. The van der Waals surface area contributed by atoms with Crippen LogP contribution in [0.2, 0.25) is 0 Å². The van der Waals surface area contributed by atoms with E-state index in [1.807, 2.05) is 72.8 Å². The first-order chi connectivity index (χ1) is 23.8. The average Bonchev–Trinajstić information content (AvgIpc) is 3.73. The Morgan fingerprint density at radius 3 is 1.77 bits per heavy atom. The highest BCUT2D eigenvalue weighted by atomic mass is 16.3. The van der Waals surface area contributed by atoms with E-state index in [9.17, 15) is 0 Å². The zero-order chi connectivity index (χ0) is 31.6. The largest absolute Gasteiger partial charge is 0.456 e. The van der Waals surface area contributed by atoms with Crippen LogP contribution in [-0.2, 0) is 0 Å². The fourth-order valence-corrected chi connectivity index (χ4v) is 6.88. The first-order valence-corrected chi connectivity index (χ1v) is 15.9. The Balaban J connectivity index is 1.22. The van der Waals surface area contributed by atoms with Crippen molar-refractivity contribution in [3.8, 4) is 45.3 Å². The fourth-order valence-electron chi connectivity index (χ4n) is 6.88. The third-order valence-electron chi connectivity index (χ3n) is 9.12. The van der Waals surface area contributed by atoms with Crippen molar-refractivity contribution in [1.29, 1.82) is 0 Å². The smallest absolute Gasteiger partial charge is 0.164 e. The quantitative estimate of drug-likeness (QED) is 0.197. The Morgan fingerprint density at radius 1 is 0.333 bits per heavy atom. The molecule has 0 bridgehead atoms. The van der Waals surface area contributed by atoms with Crippen LogP contribution in [0.25, 0.3) is 99.9 Å². The van der Waals surface area contributed by atoms with E-state index >= 15 is 0 Å². The third kappa shape index (κ3) is 4.22. The van der Waals surface area contributed by atoms with Crippen molar-refractivity contribution in [3.63, 3.8) is 0 Å². The minimum Gasteiger partial charge on any atom is -0.456 e. The molecule has 0 aliphatic heterocycles. The third-order valence-corrected chi connectivity index (χ3v) is 9.12. The highest BCUT2D eigenvalue weighted by Crippen LogP contribution is 2.41. The number of hydrogen-bond acceptors (Lipinski definition) is 5. The van der Waals surface area contributed by atoms with Crippen molar-refractivity contribution < 1.29 is 8.83 Å². The van der Waals surface area contributed by atoms with Crippen molar-refractivity contribution >= 4 is 54.6 Å². The van der Waals surface area contributed by atoms with Crippen molar-refractivity contribution in [2.24, 2.45) is 0 Å². The summed E-state index contributed by atoms with van der Waals surface area (Å²) in [4.78, 5) is 15.2. The summed E-state index contributed by atoms with van der Waals surface area (Å²) in [6, 6.07) is 51.7. The van der Waals surface area contributed by atoms with Crippen LogP contribution < -0.4 is 0 Å². The van der Waals surface area contributed by atoms with Gasteiger partial charge in [0.1, 0.15) is 22.3 Å². The number of hydrogen-bond donors (Lipinski definition) is 0. The second kappa shape index (κ2) is 10.5. The van der Waals surface area contributed by atoms with Crippen LogP contribution in [0, 0.1) is 0 Å². The van der Waals surface area contributed by atoms with E-state index < -0.39 is 0 Å². The summed E-state index contributed by atoms with van der Waals surface area (Å²) >= 11 is 0. The van der Waals surface area contributed by atoms with Crippen LogP contribution in [-0.4, -0.2) is 15.0 Å². The Morgan fingerprint density at radius 2 is 0.938 bits per heavy atom. The summed E-state index contributed by atoms with van der Waals surface area (Å²) in [6.45, 7) is 0. The molecule has 0 saturated heterocycles. The van der Waals surface area contributed by atoms with Crippen molar-refractivity contribution in [1.82, 2.24) is 15.0 Å². The second-order valence-corrected chi connectivity index (χ2v) is 12.0. The predicted molar refractivity (Wildman–Crippen MR) is 194 cm³/mol. The van der Waals surface area contributed by atoms with Gasteiger partial charge in [-0.3, -0.25) is 0 Å². The summed E-state index contributed by atoms with van der Waals surface area (Å²) in [5.74, 6) is 1.79. The highest BCUT2D eigenvalue weighted by Gasteiger charge is 2.18. The van der Waals surface area contributed by atoms with E-state index in [0.29, 0.717) is 17.5 Å². The molecule has 3 heterocycles. The van der Waals surface area contributed by atoms with Gasteiger partial charge in [0.2, 0.25) is 0 Å². The minimum absolute atomic E-state index is 0.582. The molecule has 10 aromatic rings. The van der Waals surface area contributed by atoms with Gasteiger partial charge in [0.25, 0.3) is 0 Å². The van der Waals surface area contributed by atoms with Crippen LogP contribution in [0.4, 0.5) is 0 Å². The normalized spacial score (nSPS) is 11.8. The molecule has 0 radical (unpaired) electrons. The number of aromatic nitrogens is 3. The van der Waals surface area contributed by atoms with Crippen LogP contribution in [0.3, 0.4) is 0 Å². The molecule has 5 nitrogen and oxygen atoms in total. The number of fused-ring (bicyclic) bond motifs is 7. The number of rotatable bonds is 4. The van der Waals surface area contributed by atoms with Crippen molar-refractivity contribution in [3.05, 3.63) is 152 Å². The van der Waals surface area contributed by atoms with E-state index in [2.05, 4.69) is 78.9 Å². The molecule has 7 aromatic carbocycles. The maximum Gasteiger partial charge on any atom is 0.164 e. The molecule has 224 valence electrons. The molecule has 0 saturated carbocycles. The molecule has 10 rings (SSSR count). The first-order valence-electron chi connectivity index (χ1n) is 15.9. The summed E-state index contributed by atoms with van der Waals surface area (Å²) in [6.07, 6.45) is 0. The maximum absolute atomic E-state index is 6.28. The topological polar surface area (TPSA) is 65.0 Å². The average molecular weight is 616 g/mol. The van der Waals surface area contributed by atoms with Crippen molar-refractivity contribution in [2.75, 3.05) is 0 Å². The van der Waals surface area contributed by atoms with E-state index in [1.165, 1.54) is 0 Å². The lowest BCUT2D eigenvalue weighted by atomic mass is 9.92. The van der Waals surface area contributed by atoms with Gasteiger partial charge in [-0.05, 0) is 64.4 Å². The molecule has 0 amide bonds. The monoisotopic (exact) mass is 615 g/mol. The molecule has 0 atom stereocenters. The van der Waals surface area contributed by atoms with E-state index in [-0.39, 0.29) is 0 Å². The zero-order valence-corrected chi connectivity index (χ0v) is 25.6. The molecule has 3 aromatic heterocycles. The zero-order valence-electron chi connectivity index (χ0n) is 25.6. The van der Waals surface area contributed by atoms with Crippen LogP contribution in [0.5, 0.6) is 0 Å².